The number of unbranched alkanes of at least 4 members (excludes halogenated alkanes) is 7. The molecule has 0 saturated carbocycles. The summed E-state index contributed by atoms with van der Waals surface area (Å²) in [5.41, 5.74) is 2.63. The van der Waals surface area contributed by atoms with Gasteiger partial charge in [0.15, 0.2) is 0 Å². The SMILES string of the molecule is CCCCCCCCCC[C@H]1[C@@H](c2ccc(Cl)cc2)N1c1ccc(Cl)cc1. The van der Waals surface area contributed by atoms with E-state index in [1.54, 1.807) is 0 Å². The van der Waals surface area contributed by atoms with Crippen LogP contribution >= 0.6 is 23.2 Å². The third-order valence-electron chi connectivity index (χ3n) is 5.62. The predicted octanol–water partition coefficient (Wildman–Crippen LogP) is 8.45. The summed E-state index contributed by atoms with van der Waals surface area (Å²) in [6.07, 6.45) is 12.2. The first-order chi connectivity index (χ1) is 13.2. The van der Waals surface area contributed by atoms with E-state index >= 15 is 0 Å². The van der Waals surface area contributed by atoms with Crippen molar-refractivity contribution in [3.63, 3.8) is 0 Å². The van der Waals surface area contributed by atoms with Crippen LogP contribution in [0.25, 0.3) is 0 Å². The van der Waals surface area contributed by atoms with Crippen molar-refractivity contribution in [2.24, 2.45) is 0 Å². The molecule has 3 rings (SSSR count). The molecule has 0 N–H and O–H groups in total. The van der Waals surface area contributed by atoms with E-state index in [9.17, 15) is 0 Å². The van der Waals surface area contributed by atoms with Crippen LogP contribution < -0.4 is 4.90 Å². The lowest BCUT2D eigenvalue weighted by molar-refractivity contribution is 0.562. The maximum Gasteiger partial charge on any atom is 0.0750 e. The van der Waals surface area contributed by atoms with Crippen LogP contribution in [0.5, 0.6) is 0 Å². The largest absolute Gasteiger partial charge is 0.357 e. The zero-order valence-electron chi connectivity index (χ0n) is 16.3. The molecular formula is C24H31Cl2N. The molecule has 1 nitrogen and oxygen atoms in total. The molecule has 0 bridgehead atoms. The second-order valence-electron chi connectivity index (χ2n) is 7.71. The summed E-state index contributed by atoms with van der Waals surface area (Å²) in [4.78, 5) is 2.53. The average molecular weight is 404 g/mol. The van der Waals surface area contributed by atoms with Crippen LogP contribution in [-0.2, 0) is 0 Å². The maximum atomic E-state index is 6.08. The lowest BCUT2D eigenvalue weighted by Gasteiger charge is -2.07. The minimum absolute atomic E-state index is 0.466. The maximum absolute atomic E-state index is 6.08. The topological polar surface area (TPSA) is 3.01 Å². The number of anilines is 1. The van der Waals surface area contributed by atoms with Crippen molar-refractivity contribution in [1.82, 2.24) is 0 Å². The number of rotatable bonds is 11. The van der Waals surface area contributed by atoms with Gasteiger partial charge in [-0.05, 0) is 48.4 Å². The van der Waals surface area contributed by atoms with Crippen LogP contribution in [0, 0.1) is 0 Å². The summed E-state index contributed by atoms with van der Waals surface area (Å²) >= 11 is 12.2. The Labute approximate surface area is 174 Å². The smallest absolute Gasteiger partial charge is 0.0750 e. The Hall–Kier alpha value is -1.18. The first-order valence-corrected chi connectivity index (χ1v) is 11.3. The van der Waals surface area contributed by atoms with E-state index < -0.39 is 0 Å². The van der Waals surface area contributed by atoms with E-state index in [1.165, 1.54) is 69.0 Å². The molecule has 1 aliphatic heterocycles. The van der Waals surface area contributed by atoms with Gasteiger partial charge in [-0.3, -0.25) is 0 Å². The van der Waals surface area contributed by atoms with Crippen molar-refractivity contribution >= 4 is 28.9 Å². The molecule has 0 aromatic heterocycles. The third kappa shape index (κ3) is 5.90. The van der Waals surface area contributed by atoms with Crippen LogP contribution in [0.1, 0.15) is 76.3 Å². The average Bonchev–Trinajstić information content (AvgIpc) is 3.39. The number of hydrogen-bond acceptors (Lipinski definition) is 1. The van der Waals surface area contributed by atoms with Crippen molar-refractivity contribution in [1.29, 1.82) is 0 Å². The normalized spacial score (nSPS) is 18.7. The molecular weight excluding hydrogens is 373 g/mol. The molecule has 0 radical (unpaired) electrons. The Balaban J connectivity index is 1.53. The van der Waals surface area contributed by atoms with Crippen molar-refractivity contribution in [3.05, 3.63) is 64.1 Å². The Morgan fingerprint density at radius 2 is 1.22 bits per heavy atom. The number of hydrogen-bond donors (Lipinski definition) is 0. The fourth-order valence-electron chi connectivity index (χ4n) is 4.07. The van der Waals surface area contributed by atoms with Gasteiger partial charge >= 0.3 is 0 Å². The molecule has 1 saturated heterocycles. The summed E-state index contributed by atoms with van der Waals surface area (Å²) < 4.78 is 0. The summed E-state index contributed by atoms with van der Waals surface area (Å²) in [5.74, 6) is 0. The highest BCUT2D eigenvalue weighted by atomic mass is 35.5. The van der Waals surface area contributed by atoms with Crippen molar-refractivity contribution in [2.75, 3.05) is 4.90 Å². The Morgan fingerprint density at radius 3 is 1.81 bits per heavy atom. The fraction of sp³-hybridized carbons (Fsp3) is 0.500. The first-order valence-electron chi connectivity index (χ1n) is 10.5. The van der Waals surface area contributed by atoms with Crippen LogP contribution in [0.4, 0.5) is 5.69 Å². The summed E-state index contributed by atoms with van der Waals surface area (Å²) in [7, 11) is 0. The van der Waals surface area contributed by atoms with Gasteiger partial charge in [-0.1, -0.05) is 93.6 Å². The molecule has 0 aliphatic carbocycles. The van der Waals surface area contributed by atoms with Crippen LogP contribution in [0.15, 0.2) is 48.5 Å². The molecule has 0 unspecified atom stereocenters. The molecule has 3 heteroatoms. The van der Waals surface area contributed by atoms with Gasteiger partial charge in [0.05, 0.1) is 12.1 Å². The van der Waals surface area contributed by atoms with Crippen LogP contribution in [0.2, 0.25) is 10.0 Å². The Bertz CT molecular complexity index is 629. The lowest BCUT2D eigenvalue weighted by Crippen LogP contribution is -1.99. The molecule has 1 fully saturated rings. The predicted molar refractivity (Wildman–Crippen MR) is 119 cm³/mol. The molecule has 2 aromatic carbocycles. The van der Waals surface area contributed by atoms with Gasteiger partial charge < -0.3 is 4.90 Å². The van der Waals surface area contributed by atoms with Gasteiger partial charge in [-0.2, -0.15) is 0 Å². The first kappa shape index (κ1) is 20.6. The molecule has 2 atom stereocenters. The molecule has 2 aromatic rings. The second-order valence-corrected chi connectivity index (χ2v) is 8.58. The van der Waals surface area contributed by atoms with Gasteiger partial charge in [0.1, 0.15) is 0 Å². The van der Waals surface area contributed by atoms with Crippen molar-refractivity contribution in [2.45, 2.75) is 76.8 Å². The minimum atomic E-state index is 0.466. The Kier molecular flexibility index (Phi) is 7.91. The van der Waals surface area contributed by atoms with Crippen LogP contribution in [-0.4, -0.2) is 6.04 Å². The van der Waals surface area contributed by atoms with Crippen LogP contribution in [0.3, 0.4) is 0 Å². The fourth-order valence-corrected chi connectivity index (χ4v) is 4.32. The van der Waals surface area contributed by atoms with Gasteiger partial charge in [0.2, 0.25) is 0 Å². The third-order valence-corrected chi connectivity index (χ3v) is 6.13. The van der Waals surface area contributed by atoms with E-state index in [2.05, 4.69) is 36.1 Å². The minimum Gasteiger partial charge on any atom is -0.357 e. The van der Waals surface area contributed by atoms with E-state index in [1.807, 2.05) is 24.3 Å². The van der Waals surface area contributed by atoms with Crippen molar-refractivity contribution in [3.8, 4) is 0 Å². The van der Waals surface area contributed by atoms with Gasteiger partial charge in [0.25, 0.3) is 0 Å². The number of nitrogens with zero attached hydrogens (tertiary/aromatic N) is 1. The van der Waals surface area contributed by atoms with Gasteiger partial charge in [-0.15, -0.1) is 0 Å². The highest BCUT2D eigenvalue weighted by molar-refractivity contribution is 6.30. The summed E-state index contributed by atoms with van der Waals surface area (Å²) in [6, 6.07) is 17.7. The molecule has 1 heterocycles. The summed E-state index contributed by atoms with van der Waals surface area (Å²) in [6.45, 7) is 2.28. The lowest BCUT2D eigenvalue weighted by atomic mass is 10.0. The van der Waals surface area contributed by atoms with E-state index in [4.69, 9.17) is 23.2 Å². The number of halogens is 2. The van der Waals surface area contributed by atoms with Crippen molar-refractivity contribution < 1.29 is 0 Å². The molecule has 146 valence electrons. The molecule has 27 heavy (non-hydrogen) atoms. The zero-order valence-corrected chi connectivity index (χ0v) is 17.9. The van der Waals surface area contributed by atoms with Gasteiger partial charge in [0, 0.05) is 15.7 Å². The molecule has 0 spiro atoms. The molecule has 0 amide bonds. The zero-order chi connectivity index (χ0) is 19.1. The van der Waals surface area contributed by atoms with Gasteiger partial charge in [-0.25, -0.2) is 0 Å². The summed E-state index contributed by atoms with van der Waals surface area (Å²) in [5, 5.41) is 1.60. The standard InChI is InChI=1S/C24H31Cl2N/c1-2-3-4-5-6-7-8-9-10-23-24(19-11-13-20(25)14-12-19)27(23)22-17-15-21(26)16-18-22/h11-18,23-24H,2-10H2,1H3/t23-,24+,27?/m0/s1. The number of benzene rings is 2. The van der Waals surface area contributed by atoms with E-state index in [0.29, 0.717) is 12.1 Å². The highest BCUT2D eigenvalue weighted by Gasteiger charge is 2.47. The Morgan fingerprint density at radius 1 is 0.704 bits per heavy atom. The quantitative estimate of drug-likeness (QED) is 0.268. The highest BCUT2D eigenvalue weighted by Crippen LogP contribution is 2.49. The van der Waals surface area contributed by atoms with E-state index in [-0.39, 0.29) is 0 Å². The monoisotopic (exact) mass is 403 g/mol. The van der Waals surface area contributed by atoms with E-state index in [0.717, 1.165) is 10.0 Å². The molecule has 1 aliphatic rings. The second kappa shape index (κ2) is 10.4.